The minimum atomic E-state index is -0.586. The van der Waals surface area contributed by atoms with Crippen molar-refractivity contribution in [3.63, 3.8) is 0 Å². The highest BCUT2D eigenvalue weighted by Gasteiger charge is 2.59. The molecule has 0 N–H and O–H groups in total. The third-order valence-electron chi connectivity index (χ3n) is 7.29. The molecule has 7 heteroatoms. The first-order valence-electron chi connectivity index (χ1n) is 11.2. The average Bonchev–Trinajstić information content (AvgIpc) is 3.58. The van der Waals surface area contributed by atoms with Crippen LogP contribution in [0.4, 0.5) is 11.4 Å². The molecule has 3 amide bonds. The van der Waals surface area contributed by atoms with Crippen molar-refractivity contribution in [1.29, 1.82) is 0 Å². The molecule has 0 unspecified atom stereocenters. The second kappa shape index (κ2) is 7.40. The maximum Gasteiger partial charge on any atom is 0.316 e. The maximum atomic E-state index is 13.1. The molecular formula is C26H22N2O5. The predicted octanol–water partition coefficient (Wildman–Crippen LogP) is 2.96. The summed E-state index contributed by atoms with van der Waals surface area (Å²) in [5.41, 5.74) is 1.16. The zero-order valence-electron chi connectivity index (χ0n) is 17.8. The van der Waals surface area contributed by atoms with Gasteiger partial charge in [0.15, 0.2) is 0 Å². The molecule has 0 radical (unpaired) electrons. The van der Waals surface area contributed by atoms with Crippen molar-refractivity contribution in [2.45, 2.75) is 12.8 Å². The van der Waals surface area contributed by atoms with Crippen LogP contribution in [-0.2, 0) is 19.2 Å². The van der Waals surface area contributed by atoms with Crippen LogP contribution in [0.3, 0.4) is 0 Å². The zero-order valence-corrected chi connectivity index (χ0v) is 17.8. The molecule has 4 aliphatic rings. The Balaban J connectivity index is 1.17. The van der Waals surface area contributed by atoms with Gasteiger partial charge in [0.05, 0.1) is 23.4 Å². The maximum absolute atomic E-state index is 13.1. The topological polar surface area (TPSA) is 84.0 Å². The average molecular weight is 442 g/mol. The molecule has 5 atom stereocenters. The Morgan fingerprint density at radius 1 is 0.848 bits per heavy atom. The number of allylic oxidation sites excluding steroid dienone is 2. The minimum absolute atomic E-state index is 0.0790. The number of imide groups is 1. The molecule has 3 fully saturated rings. The fourth-order valence-corrected chi connectivity index (χ4v) is 5.77. The summed E-state index contributed by atoms with van der Waals surface area (Å²) in [6, 6.07) is 15.7. The first-order chi connectivity index (χ1) is 16.0. The third-order valence-corrected chi connectivity index (χ3v) is 7.29. The van der Waals surface area contributed by atoms with Gasteiger partial charge in [0.25, 0.3) is 0 Å². The summed E-state index contributed by atoms with van der Waals surface area (Å²) in [4.78, 5) is 54.2. The Hall–Kier alpha value is -3.74. The summed E-state index contributed by atoms with van der Waals surface area (Å²) in [6.45, 7) is 0.254. The lowest BCUT2D eigenvalue weighted by Crippen LogP contribution is -2.32. The van der Waals surface area contributed by atoms with Crippen molar-refractivity contribution in [3.05, 3.63) is 66.7 Å². The van der Waals surface area contributed by atoms with Gasteiger partial charge >= 0.3 is 5.97 Å². The van der Waals surface area contributed by atoms with Crippen molar-refractivity contribution in [2.24, 2.45) is 29.6 Å². The Morgan fingerprint density at radius 3 is 2.21 bits per heavy atom. The molecule has 0 aromatic heterocycles. The predicted molar refractivity (Wildman–Crippen MR) is 119 cm³/mol. The number of amides is 3. The summed E-state index contributed by atoms with van der Waals surface area (Å²) in [5, 5.41) is 0. The standard InChI is InChI=1S/C26H22N2O5/c29-21-12-17(14-27(21)18-5-2-1-3-6-18)26(32)33-20-8-4-7-19(13-20)28-24(30)22-15-9-10-16(11-15)23(22)25(28)31/h1-10,13,15-17,22-23H,11-12,14H2/t15-,16-,17+,22-,23+/m0/s1. The number of ether oxygens (including phenoxy) is 1. The van der Waals surface area contributed by atoms with E-state index in [1.165, 1.54) is 4.90 Å². The molecule has 2 saturated heterocycles. The van der Waals surface area contributed by atoms with E-state index in [4.69, 9.17) is 4.74 Å². The van der Waals surface area contributed by atoms with Gasteiger partial charge in [0.2, 0.25) is 17.7 Å². The van der Waals surface area contributed by atoms with Crippen molar-refractivity contribution < 1.29 is 23.9 Å². The van der Waals surface area contributed by atoms with E-state index in [1.54, 1.807) is 29.2 Å². The smallest absolute Gasteiger partial charge is 0.316 e. The number of rotatable bonds is 4. The Morgan fingerprint density at radius 2 is 1.52 bits per heavy atom. The summed E-state index contributed by atoms with van der Waals surface area (Å²) >= 11 is 0. The number of anilines is 2. The molecule has 2 aromatic carbocycles. The number of hydrogen-bond acceptors (Lipinski definition) is 5. The van der Waals surface area contributed by atoms with Gasteiger partial charge < -0.3 is 9.64 Å². The van der Waals surface area contributed by atoms with Crippen LogP contribution < -0.4 is 14.5 Å². The lowest BCUT2D eigenvalue weighted by Gasteiger charge is -2.18. The van der Waals surface area contributed by atoms with Crippen molar-refractivity contribution >= 4 is 35.1 Å². The van der Waals surface area contributed by atoms with Crippen LogP contribution in [0.5, 0.6) is 5.75 Å². The third kappa shape index (κ3) is 3.10. The van der Waals surface area contributed by atoms with E-state index in [0.29, 0.717) is 5.69 Å². The van der Waals surface area contributed by atoms with Gasteiger partial charge in [0.1, 0.15) is 5.75 Å². The molecule has 2 aromatic rings. The van der Waals surface area contributed by atoms with Crippen LogP contribution >= 0.6 is 0 Å². The number of esters is 1. The summed E-state index contributed by atoms with van der Waals surface area (Å²) in [5.74, 6) is -1.61. The number of nitrogens with zero attached hydrogens (tertiary/aromatic N) is 2. The lowest BCUT2D eigenvalue weighted by atomic mass is 9.85. The van der Waals surface area contributed by atoms with Crippen LogP contribution in [0.1, 0.15) is 12.8 Å². The van der Waals surface area contributed by atoms with E-state index >= 15 is 0 Å². The molecule has 166 valence electrons. The van der Waals surface area contributed by atoms with Gasteiger partial charge in [-0.2, -0.15) is 0 Å². The minimum Gasteiger partial charge on any atom is -0.426 e. The lowest BCUT2D eigenvalue weighted by molar-refractivity contribution is -0.139. The van der Waals surface area contributed by atoms with Gasteiger partial charge in [-0.15, -0.1) is 0 Å². The van der Waals surface area contributed by atoms with Gasteiger partial charge in [-0.05, 0) is 42.5 Å². The normalized spacial score (nSPS) is 29.8. The molecule has 33 heavy (non-hydrogen) atoms. The largest absolute Gasteiger partial charge is 0.426 e. The van der Waals surface area contributed by atoms with Crippen molar-refractivity contribution in [2.75, 3.05) is 16.3 Å². The van der Waals surface area contributed by atoms with Crippen LogP contribution in [-0.4, -0.2) is 30.2 Å². The van der Waals surface area contributed by atoms with Gasteiger partial charge in [-0.1, -0.05) is 36.4 Å². The first-order valence-corrected chi connectivity index (χ1v) is 11.2. The highest BCUT2D eigenvalue weighted by molar-refractivity contribution is 6.22. The first kappa shape index (κ1) is 19.9. The number of carbonyl (C=O) groups excluding carboxylic acids is 4. The molecule has 2 bridgehead atoms. The molecule has 1 saturated carbocycles. The molecule has 2 aliphatic carbocycles. The monoisotopic (exact) mass is 442 g/mol. The van der Waals surface area contributed by atoms with Gasteiger partial charge in [-0.25, -0.2) is 4.90 Å². The number of carbonyl (C=O) groups is 4. The SMILES string of the molecule is O=C(Oc1cccc(N2C(=O)[C@@H]3[C@H](C2=O)[C@H]2C=C[C@H]3C2)c1)[C@@H]1CC(=O)N(c2ccccc2)C1. The second-order valence-electron chi connectivity index (χ2n) is 9.17. The molecule has 2 aliphatic heterocycles. The molecule has 0 spiro atoms. The summed E-state index contributed by atoms with van der Waals surface area (Å²) in [7, 11) is 0. The fraction of sp³-hybridized carbons (Fsp3) is 0.308. The molecule has 6 rings (SSSR count). The molecule has 2 heterocycles. The van der Waals surface area contributed by atoms with E-state index in [-0.39, 0.29) is 60.1 Å². The summed E-state index contributed by atoms with van der Waals surface area (Å²) in [6.07, 6.45) is 5.06. The van der Waals surface area contributed by atoms with Gasteiger partial charge in [-0.3, -0.25) is 19.2 Å². The highest BCUT2D eigenvalue weighted by atomic mass is 16.5. The quantitative estimate of drug-likeness (QED) is 0.315. The van der Waals surface area contributed by atoms with E-state index in [2.05, 4.69) is 12.2 Å². The summed E-state index contributed by atoms with van der Waals surface area (Å²) < 4.78 is 5.57. The van der Waals surface area contributed by atoms with Gasteiger partial charge in [0, 0.05) is 24.7 Å². The van der Waals surface area contributed by atoms with Crippen LogP contribution in [0.2, 0.25) is 0 Å². The number of para-hydroxylation sites is 1. The molecular weight excluding hydrogens is 420 g/mol. The van der Waals surface area contributed by atoms with Crippen LogP contribution in [0.25, 0.3) is 0 Å². The van der Waals surface area contributed by atoms with Crippen LogP contribution in [0, 0.1) is 29.6 Å². The second-order valence-corrected chi connectivity index (χ2v) is 9.17. The van der Waals surface area contributed by atoms with E-state index in [0.717, 1.165) is 12.1 Å². The fourth-order valence-electron chi connectivity index (χ4n) is 5.77. The zero-order chi connectivity index (χ0) is 22.7. The molecule has 7 nitrogen and oxygen atoms in total. The Kier molecular flexibility index (Phi) is 4.47. The number of benzene rings is 2. The van der Waals surface area contributed by atoms with Crippen molar-refractivity contribution in [1.82, 2.24) is 0 Å². The Bertz CT molecular complexity index is 1180. The number of hydrogen-bond donors (Lipinski definition) is 0. The van der Waals surface area contributed by atoms with Crippen molar-refractivity contribution in [3.8, 4) is 5.75 Å². The highest BCUT2D eigenvalue weighted by Crippen LogP contribution is 2.53. The van der Waals surface area contributed by atoms with Crippen LogP contribution in [0.15, 0.2) is 66.7 Å². The van der Waals surface area contributed by atoms with E-state index in [9.17, 15) is 19.2 Å². The van der Waals surface area contributed by atoms with E-state index in [1.807, 2.05) is 30.3 Å². The van der Waals surface area contributed by atoms with E-state index < -0.39 is 11.9 Å². The Labute approximate surface area is 190 Å². The number of fused-ring (bicyclic) bond motifs is 5.